The number of aryl methyl sites for hydroxylation is 1. The standard InChI is InChI=1S/C22H22N2O/c1-17-7-9-19(10-8-17)16-23-20-13-11-18(12-14-20)15-22(25)24-21-5-3-2-4-6-21/h2-14,23H,15-16H2,1H3,(H,24,25). The number of rotatable bonds is 6. The van der Waals surface area contributed by atoms with E-state index in [4.69, 9.17) is 0 Å². The van der Waals surface area contributed by atoms with Crippen molar-refractivity contribution >= 4 is 17.3 Å². The number of para-hydroxylation sites is 1. The Labute approximate surface area is 148 Å². The highest BCUT2D eigenvalue weighted by molar-refractivity contribution is 5.92. The zero-order valence-corrected chi connectivity index (χ0v) is 14.3. The van der Waals surface area contributed by atoms with Crippen molar-refractivity contribution < 1.29 is 4.79 Å². The average molecular weight is 330 g/mol. The van der Waals surface area contributed by atoms with Crippen molar-refractivity contribution in [1.29, 1.82) is 0 Å². The Morgan fingerprint density at radius 3 is 2.08 bits per heavy atom. The Balaban J connectivity index is 1.51. The van der Waals surface area contributed by atoms with Gasteiger partial charge >= 0.3 is 0 Å². The van der Waals surface area contributed by atoms with Gasteiger partial charge in [0.2, 0.25) is 5.91 Å². The van der Waals surface area contributed by atoms with Gasteiger partial charge in [-0.25, -0.2) is 0 Å². The zero-order chi connectivity index (χ0) is 17.5. The van der Waals surface area contributed by atoms with Crippen LogP contribution in [0.15, 0.2) is 78.9 Å². The van der Waals surface area contributed by atoms with Crippen LogP contribution in [0.25, 0.3) is 0 Å². The molecule has 126 valence electrons. The van der Waals surface area contributed by atoms with E-state index in [2.05, 4.69) is 41.8 Å². The second-order valence-electron chi connectivity index (χ2n) is 6.13. The third-order valence-corrected chi connectivity index (χ3v) is 3.99. The summed E-state index contributed by atoms with van der Waals surface area (Å²) in [6.07, 6.45) is 0.368. The highest BCUT2D eigenvalue weighted by atomic mass is 16.1. The molecule has 0 heterocycles. The fourth-order valence-corrected chi connectivity index (χ4v) is 2.56. The van der Waals surface area contributed by atoms with Crippen molar-refractivity contribution in [2.75, 3.05) is 10.6 Å². The van der Waals surface area contributed by atoms with Crippen molar-refractivity contribution in [2.45, 2.75) is 19.9 Å². The van der Waals surface area contributed by atoms with Crippen LogP contribution in [0.4, 0.5) is 11.4 Å². The van der Waals surface area contributed by atoms with Crippen LogP contribution >= 0.6 is 0 Å². The van der Waals surface area contributed by atoms with Crippen molar-refractivity contribution in [3.63, 3.8) is 0 Å². The minimum atomic E-state index is -0.00781. The Hall–Kier alpha value is -3.07. The second-order valence-corrected chi connectivity index (χ2v) is 6.13. The molecule has 3 heteroatoms. The molecule has 0 aliphatic carbocycles. The summed E-state index contributed by atoms with van der Waals surface area (Å²) in [4.78, 5) is 12.1. The van der Waals surface area contributed by atoms with Crippen LogP contribution in [0, 0.1) is 6.92 Å². The minimum Gasteiger partial charge on any atom is -0.381 e. The Morgan fingerprint density at radius 2 is 1.40 bits per heavy atom. The van der Waals surface area contributed by atoms with Gasteiger partial charge in [0, 0.05) is 17.9 Å². The molecule has 0 aromatic heterocycles. The highest BCUT2D eigenvalue weighted by Gasteiger charge is 2.04. The van der Waals surface area contributed by atoms with E-state index in [1.807, 2.05) is 54.6 Å². The van der Waals surface area contributed by atoms with Crippen LogP contribution in [-0.4, -0.2) is 5.91 Å². The summed E-state index contributed by atoms with van der Waals surface area (Å²) in [6.45, 7) is 2.87. The van der Waals surface area contributed by atoms with Crippen LogP contribution in [0.1, 0.15) is 16.7 Å². The molecule has 3 aromatic rings. The Morgan fingerprint density at radius 1 is 0.760 bits per heavy atom. The maximum Gasteiger partial charge on any atom is 0.228 e. The fraction of sp³-hybridized carbons (Fsp3) is 0.136. The van der Waals surface area contributed by atoms with Gasteiger partial charge in [-0.3, -0.25) is 4.79 Å². The van der Waals surface area contributed by atoms with E-state index >= 15 is 0 Å². The summed E-state index contributed by atoms with van der Waals surface area (Å²) in [5.74, 6) is -0.00781. The minimum absolute atomic E-state index is 0.00781. The molecule has 0 spiro atoms. The van der Waals surface area contributed by atoms with Gasteiger partial charge < -0.3 is 10.6 Å². The summed E-state index contributed by atoms with van der Waals surface area (Å²) >= 11 is 0. The zero-order valence-electron chi connectivity index (χ0n) is 14.3. The molecule has 2 N–H and O–H groups in total. The normalized spacial score (nSPS) is 10.3. The van der Waals surface area contributed by atoms with Crippen LogP contribution in [0.2, 0.25) is 0 Å². The second kappa shape index (κ2) is 8.15. The number of anilines is 2. The molecule has 0 radical (unpaired) electrons. The highest BCUT2D eigenvalue weighted by Crippen LogP contribution is 2.13. The Kier molecular flexibility index (Phi) is 5.47. The number of nitrogens with one attached hydrogen (secondary N) is 2. The lowest BCUT2D eigenvalue weighted by atomic mass is 10.1. The molecule has 3 aromatic carbocycles. The molecule has 0 aliphatic heterocycles. The molecule has 0 saturated heterocycles. The van der Waals surface area contributed by atoms with Crippen molar-refractivity contribution in [1.82, 2.24) is 0 Å². The maximum atomic E-state index is 12.1. The predicted octanol–water partition coefficient (Wildman–Crippen LogP) is 4.79. The third-order valence-electron chi connectivity index (χ3n) is 3.99. The fourth-order valence-electron chi connectivity index (χ4n) is 2.56. The molecule has 1 amide bonds. The first kappa shape index (κ1) is 16.8. The largest absolute Gasteiger partial charge is 0.381 e. The predicted molar refractivity (Wildman–Crippen MR) is 104 cm³/mol. The Bertz CT molecular complexity index is 809. The number of amides is 1. The van der Waals surface area contributed by atoms with Gasteiger partial charge in [-0.05, 0) is 42.3 Å². The van der Waals surface area contributed by atoms with Gasteiger partial charge in [0.15, 0.2) is 0 Å². The molecule has 0 fully saturated rings. The monoisotopic (exact) mass is 330 g/mol. The van der Waals surface area contributed by atoms with E-state index in [0.717, 1.165) is 23.5 Å². The topological polar surface area (TPSA) is 41.1 Å². The molecule has 0 aliphatic rings. The first-order chi connectivity index (χ1) is 12.2. The van der Waals surface area contributed by atoms with Gasteiger partial charge in [0.05, 0.1) is 6.42 Å². The van der Waals surface area contributed by atoms with Crippen molar-refractivity contribution in [2.24, 2.45) is 0 Å². The number of hydrogen-bond donors (Lipinski definition) is 2. The lowest BCUT2D eigenvalue weighted by Crippen LogP contribution is -2.14. The molecule has 3 nitrogen and oxygen atoms in total. The first-order valence-electron chi connectivity index (χ1n) is 8.42. The van der Waals surface area contributed by atoms with E-state index in [1.165, 1.54) is 11.1 Å². The van der Waals surface area contributed by atoms with Crippen LogP contribution in [0.3, 0.4) is 0 Å². The lowest BCUT2D eigenvalue weighted by molar-refractivity contribution is -0.115. The summed E-state index contributed by atoms with van der Waals surface area (Å²) in [6, 6.07) is 26.0. The SMILES string of the molecule is Cc1ccc(CNc2ccc(CC(=O)Nc3ccccc3)cc2)cc1. The van der Waals surface area contributed by atoms with Gasteiger partial charge in [0.1, 0.15) is 0 Å². The molecule has 0 atom stereocenters. The van der Waals surface area contributed by atoms with Crippen LogP contribution in [-0.2, 0) is 17.8 Å². The average Bonchev–Trinajstić information content (AvgIpc) is 2.63. The number of hydrogen-bond acceptors (Lipinski definition) is 2. The molecule has 0 saturated carbocycles. The van der Waals surface area contributed by atoms with Crippen LogP contribution < -0.4 is 10.6 Å². The number of carbonyl (C=O) groups is 1. The summed E-state index contributed by atoms with van der Waals surface area (Å²) < 4.78 is 0. The van der Waals surface area contributed by atoms with Crippen LogP contribution in [0.5, 0.6) is 0 Å². The van der Waals surface area contributed by atoms with E-state index < -0.39 is 0 Å². The quantitative estimate of drug-likeness (QED) is 0.682. The first-order valence-corrected chi connectivity index (χ1v) is 8.42. The van der Waals surface area contributed by atoms with Gasteiger partial charge in [0.25, 0.3) is 0 Å². The molecule has 25 heavy (non-hydrogen) atoms. The van der Waals surface area contributed by atoms with Crippen molar-refractivity contribution in [3.8, 4) is 0 Å². The van der Waals surface area contributed by atoms with Gasteiger partial charge in [-0.1, -0.05) is 60.2 Å². The van der Waals surface area contributed by atoms with E-state index in [9.17, 15) is 4.79 Å². The summed E-state index contributed by atoms with van der Waals surface area (Å²) in [7, 11) is 0. The molecule has 3 rings (SSSR count). The summed E-state index contributed by atoms with van der Waals surface area (Å²) in [5.41, 5.74) is 5.38. The number of carbonyl (C=O) groups excluding carboxylic acids is 1. The molecular formula is C22H22N2O. The third kappa shape index (κ3) is 5.21. The van der Waals surface area contributed by atoms with Crippen molar-refractivity contribution in [3.05, 3.63) is 95.6 Å². The van der Waals surface area contributed by atoms with Gasteiger partial charge in [-0.15, -0.1) is 0 Å². The van der Waals surface area contributed by atoms with Gasteiger partial charge in [-0.2, -0.15) is 0 Å². The summed E-state index contributed by atoms with van der Waals surface area (Å²) in [5, 5.41) is 6.30. The van der Waals surface area contributed by atoms with E-state index in [-0.39, 0.29) is 5.91 Å². The van der Waals surface area contributed by atoms with E-state index in [0.29, 0.717) is 6.42 Å². The smallest absolute Gasteiger partial charge is 0.228 e. The maximum absolute atomic E-state index is 12.1. The number of benzene rings is 3. The molecule has 0 unspecified atom stereocenters. The van der Waals surface area contributed by atoms with E-state index in [1.54, 1.807) is 0 Å². The molecular weight excluding hydrogens is 308 g/mol. The lowest BCUT2D eigenvalue weighted by Gasteiger charge is -2.09. The molecule has 0 bridgehead atoms.